The molecule has 2 aromatic rings. The number of aromatic nitrogens is 4. The van der Waals surface area contributed by atoms with Gasteiger partial charge in [-0.15, -0.1) is 0 Å². The molecule has 132 valence electrons. The van der Waals surface area contributed by atoms with E-state index in [1.165, 1.54) is 10.7 Å². The zero-order chi connectivity index (χ0) is 18.0. The van der Waals surface area contributed by atoms with Gasteiger partial charge in [0.25, 0.3) is 17.0 Å². The van der Waals surface area contributed by atoms with E-state index in [1.54, 1.807) is 13.2 Å². The highest BCUT2D eigenvalue weighted by molar-refractivity contribution is 5.93. The molecule has 3 heterocycles. The fourth-order valence-corrected chi connectivity index (χ4v) is 2.78. The van der Waals surface area contributed by atoms with Gasteiger partial charge in [-0.3, -0.25) is 19.4 Å². The SMILES string of the molecule is Cn1ncc(N2CC[C@H](CNC(=O)c3c[nH]c(=O)[nH]c3=O)C2)cc1=O. The predicted molar refractivity (Wildman–Crippen MR) is 89.8 cm³/mol. The number of carbonyl (C=O) groups is 1. The van der Waals surface area contributed by atoms with Gasteiger partial charge in [-0.05, 0) is 12.3 Å². The van der Waals surface area contributed by atoms with Crippen LogP contribution >= 0.6 is 0 Å². The second kappa shape index (κ2) is 6.75. The molecule has 0 spiro atoms. The topological polar surface area (TPSA) is 133 Å². The number of nitrogens with zero attached hydrogens (tertiary/aromatic N) is 3. The average molecular weight is 346 g/mol. The molecular weight excluding hydrogens is 328 g/mol. The largest absolute Gasteiger partial charge is 0.370 e. The molecule has 1 saturated heterocycles. The number of hydrogen-bond donors (Lipinski definition) is 3. The van der Waals surface area contributed by atoms with E-state index >= 15 is 0 Å². The van der Waals surface area contributed by atoms with E-state index in [4.69, 9.17) is 0 Å². The maximum atomic E-state index is 12.0. The second-order valence-electron chi connectivity index (χ2n) is 5.97. The minimum absolute atomic E-state index is 0.134. The zero-order valence-corrected chi connectivity index (χ0v) is 13.6. The molecule has 1 aliphatic heterocycles. The predicted octanol–water partition coefficient (Wildman–Crippen LogP) is -1.59. The molecule has 2 aromatic heterocycles. The second-order valence-corrected chi connectivity index (χ2v) is 5.97. The van der Waals surface area contributed by atoms with Gasteiger partial charge in [0.2, 0.25) is 0 Å². The summed E-state index contributed by atoms with van der Waals surface area (Å²) in [5.74, 6) is -0.346. The van der Waals surface area contributed by atoms with Gasteiger partial charge >= 0.3 is 5.69 Å². The molecule has 0 bridgehead atoms. The Labute approximate surface area is 141 Å². The Bertz CT molecular complexity index is 959. The van der Waals surface area contributed by atoms with Crippen LogP contribution in [0.2, 0.25) is 0 Å². The number of aromatic amines is 2. The van der Waals surface area contributed by atoms with Crippen LogP contribution in [-0.2, 0) is 7.05 Å². The first-order valence-corrected chi connectivity index (χ1v) is 7.82. The third-order valence-corrected chi connectivity index (χ3v) is 4.22. The van der Waals surface area contributed by atoms with Crippen molar-refractivity contribution in [2.45, 2.75) is 6.42 Å². The Kier molecular flexibility index (Phi) is 4.50. The minimum Gasteiger partial charge on any atom is -0.370 e. The average Bonchev–Trinajstić information content (AvgIpc) is 3.04. The first kappa shape index (κ1) is 16.7. The van der Waals surface area contributed by atoms with Crippen LogP contribution < -0.4 is 27.0 Å². The van der Waals surface area contributed by atoms with Crippen LogP contribution in [0.1, 0.15) is 16.8 Å². The summed E-state index contributed by atoms with van der Waals surface area (Å²) in [6, 6.07) is 1.54. The molecule has 1 fully saturated rings. The molecule has 0 saturated carbocycles. The number of nitrogens with one attached hydrogen (secondary N) is 3. The molecule has 3 N–H and O–H groups in total. The summed E-state index contributed by atoms with van der Waals surface area (Å²) in [5, 5.41) is 6.71. The van der Waals surface area contributed by atoms with Crippen LogP contribution in [0.25, 0.3) is 0 Å². The van der Waals surface area contributed by atoms with Crippen molar-refractivity contribution >= 4 is 11.6 Å². The third kappa shape index (κ3) is 3.67. The Balaban J connectivity index is 1.59. The van der Waals surface area contributed by atoms with Gasteiger partial charge in [0.15, 0.2) is 0 Å². The smallest absolute Gasteiger partial charge is 0.325 e. The van der Waals surface area contributed by atoms with Crippen LogP contribution in [0.15, 0.2) is 32.8 Å². The first-order chi connectivity index (χ1) is 11.9. The van der Waals surface area contributed by atoms with Gasteiger partial charge in [0.05, 0.1) is 11.9 Å². The number of amides is 1. The van der Waals surface area contributed by atoms with E-state index in [0.717, 1.165) is 24.8 Å². The lowest BCUT2D eigenvalue weighted by atomic mass is 10.1. The van der Waals surface area contributed by atoms with Crippen LogP contribution in [-0.4, -0.2) is 45.3 Å². The van der Waals surface area contributed by atoms with Crippen LogP contribution in [0.3, 0.4) is 0 Å². The Hall–Kier alpha value is -3.17. The Morgan fingerprint density at radius 3 is 2.92 bits per heavy atom. The van der Waals surface area contributed by atoms with Gasteiger partial charge in [-0.25, -0.2) is 9.48 Å². The Morgan fingerprint density at radius 1 is 1.40 bits per heavy atom. The van der Waals surface area contributed by atoms with E-state index in [0.29, 0.717) is 13.1 Å². The van der Waals surface area contributed by atoms with Crippen molar-refractivity contribution in [3.8, 4) is 0 Å². The van der Waals surface area contributed by atoms with Crippen molar-refractivity contribution in [2.75, 3.05) is 24.5 Å². The highest BCUT2D eigenvalue weighted by Gasteiger charge is 2.24. The lowest BCUT2D eigenvalue weighted by Crippen LogP contribution is -2.36. The van der Waals surface area contributed by atoms with Gasteiger partial charge in [-0.1, -0.05) is 0 Å². The lowest BCUT2D eigenvalue weighted by molar-refractivity contribution is 0.0946. The summed E-state index contributed by atoms with van der Waals surface area (Å²) in [6.45, 7) is 1.83. The van der Waals surface area contributed by atoms with Crippen molar-refractivity contribution < 1.29 is 4.79 Å². The highest BCUT2D eigenvalue weighted by Crippen LogP contribution is 2.21. The van der Waals surface area contributed by atoms with Crippen LogP contribution in [0, 0.1) is 5.92 Å². The summed E-state index contributed by atoms with van der Waals surface area (Å²) in [4.78, 5) is 52.6. The van der Waals surface area contributed by atoms with Crippen molar-refractivity contribution in [3.63, 3.8) is 0 Å². The molecule has 3 rings (SSSR count). The normalized spacial score (nSPS) is 16.8. The lowest BCUT2D eigenvalue weighted by Gasteiger charge is -2.18. The highest BCUT2D eigenvalue weighted by atomic mass is 16.2. The number of anilines is 1. The number of aryl methyl sites for hydroxylation is 1. The van der Waals surface area contributed by atoms with E-state index in [9.17, 15) is 19.2 Å². The van der Waals surface area contributed by atoms with Crippen LogP contribution in [0.4, 0.5) is 5.69 Å². The van der Waals surface area contributed by atoms with Gasteiger partial charge in [0.1, 0.15) is 5.56 Å². The number of H-pyrrole nitrogens is 2. The molecule has 0 aliphatic carbocycles. The van der Waals surface area contributed by atoms with Gasteiger partial charge in [-0.2, -0.15) is 5.10 Å². The maximum absolute atomic E-state index is 12.0. The molecule has 0 unspecified atom stereocenters. The standard InChI is InChI=1S/C15H18N6O4/c1-20-12(22)4-10(6-18-20)21-3-2-9(8-21)5-16-13(23)11-7-17-15(25)19-14(11)24/h4,6-7,9H,2-3,5,8H2,1H3,(H,16,23)(H2,17,19,24,25)/t9-/m1/s1. The molecule has 10 nitrogen and oxygen atoms in total. The van der Waals surface area contributed by atoms with Crippen LogP contribution in [0.5, 0.6) is 0 Å². The molecule has 0 aromatic carbocycles. The van der Waals surface area contributed by atoms with Crippen molar-refractivity contribution in [3.05, 3.63) is 55.2 Å². The van der Waals surface area contributed by atoms with E-state index in [2.05, 4.69) is 15.4 Å². The Morgan fingerprint density at radius 2 is 2.20 bits per heavy atom. The summed E-state index contributed by atoms with van der Waals surface area (Å²) < 4.78 is 1.26. The summed E-state index contributed by atoms with van der Waals surface area (Å²) in [5.41, 5.74) is -0.929. The van der Waals surface area contributed by atoms with Gasteiger partial charge < -0.3 is 15.2 Å². The molecule has 1 amide bonds. The summed E-state index contributed by atoms with van der Waals surface area (Å²) >= 11 is 0. The fourth-order valence-electron chi connectivity index (χ4n) is 2.78. The van der Waals surface area contributed by atoms with E-state index < -0.39 is 17.2 Å². The first-order valence-electron chi connectivity index (χ1n) is 7.82. The summed E-state index contributed by atoms with van der Waals surface area (Å²) in [6.07, 6.45) is 3.59. The fraction of sp³-hybridized carbons (Fsp3) is 0.400. The van der Waals surface area contributed by atoms with E-state index in [-0.39, 0.29) is 17.0 Å². The van der Waals surface area contributed by atoms with Crippen molar-refractivity contribution in [2.24, 2.45) is 13.0 Å². The number of hydrogen-bond acceptors (Lipinski definition) is 6. The molecular formula is C15H18N6O4. The molecule has 1 atom stereocenters. The summed E-state index contributed by atoms with van der Waals surface area (Å²) in [7, 11) is 1.59. The maximum Gasteiger partial charge on any atom is 0.325 e. The van der Waals surface area contributed by atoms with Crippen molar-refractivity contribution in [1.82, 2.24) is 25.1 Å². The minimum atomic E-state index is -0.722. The number of carbonyl (C=O) groups excluding carboxylic acids is 1. The van der Waals surface area contributed by atoms with E-state index in [1.807, 2.05) is 9.88 Å². The molecule has 25 heavy (non-hydrogen) atoms. The van der Waals surface area contributed by atoms with Gasteiger partial charge in [0, 0.05) is 38.9 Å². The quantitative estimate of drug-likeness (QED) is 0.611. The van der Waals surface area contributed by atoms with Crippen molar-refractivity contribution in [1.29, 1.82) is 0 Å². The molecule has 10 heteroatoms. The molecule has 1 aliphatic rings. The zero-order valence-electron chi connectivity index (χ0n) is 13.6. The molecule has 0 radical (unpaired) electrons. The third-order valence-electron chi connectivity index (χ3n) is 4.22. The monoisotopic (exact) mass is 346 g/mol. The number of rotatable bonds is 4.